The van der Waals surface area contributed by atoms with Gasteiger partial charge in [-0.15, -0.1) is 0 Å². The predicted octanol–water partition coefficient (Wildman–Crippen LogP) is 2.37. The second kappa shape index (κ2) is 3.18. The lowest BCUT2D eigenvalue weighted by Crippen LogP contribution is -1.99. The van der Waals surface area contributed by atoms with Gasteiger partial charge in [0.25, 0.3) is 0 Å². The van der Waals surface area contributed by atoms with Crippen molar-refractivity contribution in [3.8, 4) is 0 Å². The second-order valence-corrected chi connectivity index (χ2v) is 3.32. The lowest BCUT2D eigenvalue weighted by Gasteiger charge is -1.96. The summed E-state index contributed by atoms with van der Waals surface area (Å²) in [6.45, 7) is 1.96. The van der Waals surface area contributed by atoms with E-state index < -0.39 is 5.97 Å². The predicted molar refractivity (Wildman–Crippen MR) is 52.3 cm³/mol. The summed E-state index contributed by atoms with van der Waals surface area (Å²) in [4.78, 5) is 10.5. The number of carbonyl (C=O) groups is 1. The molecule has 3 heteroatoms. The van der Waals surface area contributed by atoms with Crippen LogP contribution in [0.4, 0.5) is 0 Å². The van der Waals surface area contributed by atoms with Crippen LogP contribution in [-0.4, -0.2) is 11.1 Å². The third-order valence-corrected chi connectivity index (χ3v) is 2.19. The Balaban J connectivity index is 2.46. The first-order valence-electron chi connectivity index (χ1n) is 4.35. The Morgan fingerprint density at radius 3 is 3.00 bits per heavy atom. The van der Waals surface area contributed by atoms with Gasteiger partial charge in [0.1, 0.15) is 5.58 Å². The van der Waals surface area contributed by atoms with Gasteiger partial charge >= 0.3 is 5.97 Å². The number of furan rings is 1. The minimum atomic E-state index is -0.826. The Morgan fingerprint density at radius 2 is 2.29 bits per heavy atom. The molecule has 0 fully saturated rings. The monoisotopic (exact) mass is 190 g/mol. The molecule has 1 aromatic carbocycles. The maximum absolute atomic E-state index is 10.5. The topological polar surface area (TPSA) is 50.4 Å². The SMILES string of the molecule is Cc1coc2cc(CC(=O)O)ccc12. The molecule has 0 saturated heterocycles. The van der Waals surface area contributed by atoms with Crippen LogP contribution in [0.3, 0.4) is 0 Å². The lowest BCUT2D eigenvalue weighted by molar-refractivity contribution is -0.136. The number of hydrogen-bond donors (Lipinski definition) is 1. The van der Waals surface area contributed by atoms with Gasteiger partial charge < -0.3 is 9.52 Å². The van der Waals surface area contributed by atoms with Crippen molar-refractivity contribution in [1.82, 2.24) is 0 Å². The van der Waals surface area contributed by atoms with E-state index >= 15 is 0 Å². The Labute approximate surface area is 81.0 Å². The highest BCUT2D eigenvalue weighted by molar-refractivity contribution is 5.82. The van der Waals surface area contributed by atoms with Crippen LogP contribution >= 0.6 is 0 Å². The molecule has 1 aromatic heterocycles. The van der Waals surface area contributed by atoms with E-state index in [4.69, 9.17) is 9.52 Å². The second-order valence-electron chi connectivity index (χ2n) is 3.32. The molecule has 0 unspecified atom stereocenters. The van der Waals surface area contributed by atoms with Gasteiger partial charge in [0.2, 0.25) is 0 Å². The Bertz CT molecular complexity index is 482. The molecular formula is C11H10O3. The Hall–Kier alpha value is -1.77. The minimum Gasteiger partial charge on any atom is -0.481 e. The number of rotatable bonds is 2. The molecule has 14 heavy (non-hydrogen) atoms. The van der Waals surface area contributed by atoms with Crippen LogP contribution in [0.2, 0.25) is 0 Å². The molecule has 0 amide bonds. The quantitative estimate of drug-likeness (QED) is 0.790. The van der Waals surface area contributed by atoms with E-state index in [9.17, 15) is 4.79 Å². The largest absolute Gasteiger partial charge is 0.481 e. The molecule has 72 valence electrons. The summed E-state index contributed by atoms with van der Waals surface area (Å²) in [7, 11) is 0. The maximum Gasteiger partial charge on any atom is 0.307 e. The summed E-state index contributed by atoms with van der Waals surface area (Å²) in [5.74, 6) is -0.826. The molecule has 3 nitrogen and oxygen atoms in total. The zero-order valence-corrected chi connectivity index (χ0v) is 7.78. The third-order valence-electron chi connectivity index (χ3n) is 2.19. The Kier molecular flexibility index (Phi) is 2.00. The smallest absolute Gasteiger partial charge is 0.307 e. The molecule has 0 aliphatic rings. The van der Waals surface area contributed by atoms with Gasteiger partial charge in [-0.05, 0) is 24.1 Å². The van der Waals surface area contributed by atoms with Crippen LogP contribution in [0.1, 0.15) is 11.1 Å². The van der Waals surface area contributed by atoms with E-state index in [1.165, 1.54) is 0 Å². The molecule has 0 spiro atoms. The summed E-state index contributed by atoms with van der Waals surface area (Å²) in [5, 5.41) is 9.65. The summed E-state index contributed by atoms with van der Waals surface area (Å²) >= 11 is 0. The number of fused-ring (bicyclic) bond motifs is 1. The van der Waals surface area contributed by atoms with E-state index in [0.29, 0.717) is 0 Å². The van der Waals surface area contributed by atoms with Gasteiger partial charge in [0.15, 0.2) is 0 Å². The fourth-order valence-electron chi connectivity index (χ4n) is 1.49. The first-order valence-corrected chi connectivity index (χ1v) is 4.35. The highest BCUT2D eigenvalue weighted by Gasteiger charge is 2.05. The minimum absolute atomic E-state index is 0.0374. The van der Waals surface area contributed by atoms with E-state index in [-0.39, 0.29) is 6.42 Å². The van der Waals surface area contributed by atoms with E-state index in [1.807, 2.05) is 19.1 Å². The summed E-state index contributed by atoms with van der Waals surface area (Å²) in [6.07, 6.45) is 1.71. The molecule has 1 N–H and O–H groups in total. The number of aryl methyl sites for hydroxylation is 1. The molecule has 0 atom stereocenters. The van der Waals surface area contributed by atoms with Crippen LogP contribution in [-0.2, 0) is 11.2 Å². The number of carboxylic acid groups (broad SMARTS) is 1. The van der Waals surface area contributed by atoms with E-state index in [1.54, 1.807) is 12.3 Å². The molecule has 0 aliphatic heterocycles. The van der Waals surface area contributed by atoms with Crippen molar-refractivity contribution in [3.63, 3.8) is 0 Å². The summed E-state index contributed by atoms with van der Waals surface area (Å²) in [5.41, 5.74) is 2.59. The standard InChI is InChI=1S/C11H10O3/c1-7-6-14-10-4-8(5-11(12)13)2-3-9(7)10/h2-4,6H,5H2,1H3,(H,12,13). The van der Waals surface area contributed by atoms with Crippen molar-refractivity contribution in [1.29, 1.82) is 0 Å². The van der Waals surface area contributed by atoms with Gasteiger partial charge in [-0.1, -0.05) is 12.1 Å². The van der Waals surface area contributed by atoms with Crippen LogP contribution < -0.4 is 0 Å². The van der Waals surface area contributed by atoms with Crippen LogP contribution in [0.15, 0.2) is 28.9 Å². The summed E-state index contributed by atoms with van der Waals surface area (Å²) < 4.78 is 5.28. The fourth-order valence-corrected chi connectivity index (χ4v) is 1.49. The van der Waals surface area contributed by atoms with Gasteiger partial charge in [-0.2, -0.15) is 0 Å². The van der Waals surface area contributed by atoms with Crippen LogP contribution in [0.25, 0.3) is 11.0 Å². The molecule has 0 aliphatic carbocycles. The first kappa shape index (κ1) is 8.81. The van der Waals surface area contributed by atoms with E-state index in [2.05, 4.69) is 0 Å². The number of aliphatic carboxylic acids is 1. The number of benzene rings is 1. The van der Waals surface area contributed by atoms with Crippen LogP contribution in [0.5, 0.6) is 0 Å². The zero-order valence-electron chi connectivity index (χ0n) is 7.78. The molecule has 2 aromatic rings. The van der Waals surface area contributed by atoms with Crippen molar-refractivity contribution in [2.45, 2.75) is 13.3 Å². The average Bonchev–Trinajstić information content (AvgIpc) is 2.46. The van der Waals surface area contributed by atoms with Crippen molar-refractivity contribution in [3.05, 3.63) is 35.6 Å². The van der Waals surface area contributed by atoms with Gasteiger partial charge in [-0.25, -0.2) is 0 Å². The Morgan fingerprint density at radius 1 is 1.50 bits per heavy atom. The lowest BCUT2D eigenvalue weighted by atomic mass is 10.1. The highest BCUT2D eigenvalue weighted by Crippen LogP contribution is 2.21. The van der Waals surface area contributed by atoms with Gasteiger partial charge in [0, 0.05) is 5.39 Å². The maximum atomic E-state index is 10.5. The third kappa shape index (κ3) is 1.48. The van der Waals surface area contributed by atoms with Gasteiger partial charge in [-0.3, -0.25) is 4.79 Å². The average molecular weight is 190 g/mol. The normalized spacial score (nSPS) is 10.6. The number of hydrogen-bond acceptors (Lipinski definition) is 2. The number of carboxylic acids is 1. The summed E-state index contributed by atoms with van der Waals surface area (Å²) in [6, 6.07) is 5.49. The highest BCUT2D eigenvalue weighted by atomic mass is 16.4. The van der Waals surface area contributed by atoms with Gasteiger partial charge in [0.05, 0.1) is 12.7 Å². The molecule has 1 heterocycles. The van der Waals surface area contributed by atoms with Crippen molar-refractivity contribution in [2.24, 2.45) is 0 Å². The first-order chi connectivity index (χ1) is 6.66. The molecule has 0 radical (unpaired) electrons. The van der Waals surface area contributed by atoms with Crippen molar-refractivity contribution in [2.75, 3.05) is 0 Å². The van der Waals surface area contributed by atoms with E-state index in [0.717, 1.165) is 22.1 Å². The molecule has 2 rings (SSSR count). The van der Waals surface area contributed by atoms with Crippen molar-refractivity contribution >= 4 is 16.9 Å². The fraction of sp³-hybridized carbons (Fsp3) is 0.182. The molecule has 0 saturated carbocycles. The zero-order chi connectivity index (χ0) is 10.1. The molecule has 0 bridgehead atoms. The van der Waals surface area contributed by atoms with Crippen LogP contribution in [0, 0.1) is 6.92 Å². The van der Waals surface area contributed by atoms with Crippen molar-refractivity contribution < 1.29 is 14.3 Å². The molecular weight excluding hydrogens is 180 g/mol.